The number of carbonyl (C=O) groups excluding carboxylic acids is 2. The van der Waals surface area contributed by atoms with Crippen molar-refractivity contribution in [3.8, 4) is 11.5 Å². The number of ketones is 1. The number of nitrogens with zero attached hydrogens (tertiary/aromatic N) is 1. The molecule has 0 aliphatic heterocycles. The lowest BCUT2D eigenvalue weighted by molar-refractivity contribution is -0.274. The normalized spacial score (nSPS) is 13.1. The highest BCUT2D eigenvalue weighted by atomic mass is 35.5. The van der Waals surface area contributed by atoms with Crippen molar-refractivity contribution < 1.29 is 37.0 Å². The summed E-state index contributed by atoms with van der Waals surface area (Å²) in [6, 6.07) is 17.3. The van der Waals surface area contributed by atoms with Crippen molar-refractivity contribution in [2.75, 3.05) is 6.61 Å². The molecule has 216 valence electrons. The quantitative estimate of drug-likeness (QED) is 0.139. The van der Waals surface area contributed by atoms with Crippen LogP contribution in [-0.2, 0) is 16.1 Å². The number of alkyl halides is 3. The van der Waals surface area contributed by atoms with Crippen molar-refractivity contribution in [1.82, 2.24) is 4.57 Å². The molecule has 4 rings (SSSR count). The number of aromatic nitrogens is 1. The highest BCUT2D eigenvalue weighted by Gasteiger charge is 2.35. The Morgan fingerprint density at radius 2 is 1.61 bits per heavy atom. The zero-order chi connectivity index (χ0) is 29.9. The number of benzene rings is 3. The van der Waals surface area contributed by atoms with Gasteiger partial charge in [-0.05, 0) is 81.3 Å². The Hall–Kier alpha value is -3.98. The third-order valence-electron chi connectivity index (χ3n) is 6.83. The summed E-state index contributed by atoms with van der Waals surface area (Å²) < 4.78 is 56.2. The van der Waals surface area contributed by atoms with E-state index in [-0.39, 0.29) is 18.9 Å². The first-order chi connectivity index (χ1) is 19.3. The fourth-order valence-electron chi connectivity index (χ4n) is 4.58. The monoisotopic (exact) mass is 587 g/mol. The molecule has 4 aromatic rings. The molecule has 0 radical (unpaired) electrons. The van der Waals surface area contributed by atoms with Gasteiger partial charge in [0, 0.05) is 34.3 Å². The molecule has 0 unspecified atom stereocenters. The molecule has 0 spiro atoms. The largest absolute Gasteiger partial charge is 0.573 e. The third kappa shape index (κ3) is 6.68. The smallest absolute Gasteiger partial charge is 0.476 e. The number of rotatable bonds is 10. The molecule has 0 aliphatic rings. The van der Waals surface area contributed by atoms with Crippen LogP contribution in [0.1, 0.15) is 54.4 Å². The first-order valence-electron chi connectivity index (χ1n) is 13.0. The van der Waals surface area contributed by atoms with E-state index in [2.05, 4.69) is 4.74 Å². The molecule has 0 bridgehead atoms. The van der Waals surface area contributed by atoms with Crippen molar-refractivity contribution in [1.29, 1.82) is 0 Å². The van der Waals surface area contributed by atoms with Gasteiger partial charge in [-0.2, -0.15) is 0 Å². The molecule has 1 aromatic heterocycles. The van der Waals surface area contributed by atoms with Gasteiger partial charge in [0.2, 0.25) is 5.60 Å². The highest BCUT2D eigenvalue weighted by molar-refractivity contribution is 6.30. The minimum Gasteiger partial charge on any atom is -0.476 e. The van der Waals surface area contributed by atoms with Crippen LogP contribution in [0.25, 0.3) is 10.9 Å². The molecule has 6 nitrogen and oxygen atoms in total. The van der Waals surface area contributed by atoms with Gasteiger partial charge in [-0.1, -0.05) is 30.7 Å². The first kappa shape index (κ1) is 30.0. The lowest BCUT2D eigenvalue weighted by Crippen LogP contribution is -2.42. The maximum atomic E-state index is 13.6. The van der Waals surface area contributed by atoms with Gasteiger partial charge in [-0.25, -0.2) is 4.79 Å². The fraction of sp³-hybridized carbons (Fsp3) is 0.290. The average Bonchev–Trinajstić information content (AvgIpc) is 3.18. The van der Waals surface area contributed by atoms with Gasteiger partial charge in [-0.15, -0.1) is 13.2 Å². The maximum absolute atomic E-state index is 13.6. The molecule has 0 fully saturated rings. The first-order valence-corrected chi connectivity index (χ1v) is 13.4. The van der Waals surface area contributed by atoms with E-state index < -0.39 is 23.7 Å². The van der Waals surface area contributed by atoms with E-state index in [0.29, 0.717) is 44.9 Å². The van der Waals surface area contributed by atoms with Crippen LogP contribution in [0.15, 0.2) is 66.7 Å². The maximum Gasteiger partial charge on any atom is 0.573 e. The average molecular weight is 588 g/mol. The van der Waals surface area contributed by atoms with E-state index in [9.17, 15) is 22.8 Å². The standard InChI is InChI=1S/C31H29ClF3NO5/c1-5-30(4,29(38)39-6-2)40-23-9-7-8-20(16-23)18-36-19(3)27(28(37)21-10-12-22(32)13-11-21)25-15-14-24(17-26(25)36)41-31(33,34)35/h7-17H,5-6,18H2,1-4H3/t30-/m1/s1. The van der Waals surface area contributed by atoms with Crippen LogP contribution in [0, 0.1) is 6.92 Å². The van der Waals surface area contributed by atoms with Crippen LogP contribution in [0.5, 0.6) is 11.5 Å². The number of hydrogen-bond donors (Lipinski definition) is 0. The summed E-state index contributed by atoms with van der Waals surface area (Å²) in [6.07, 6.45) is -4.51. The van der Waals surface area contributed by atoms with Gasteiger partial charge in [0.25, 0.3) is 0 Å². The van der Waals surface area contributed by atoms with E-state index in [1.165, 1.54) is 18.2 Å². The molecule has 0 N–H and O–H groups in total. The Balaban J connectivity index is 1.78. The van der Waals surface area contributed by atoms with E-state index in [1.54, 1.807) is 67.8 Å². The molecule has 10 heteroatoms. The summed E-state index contributed by atoms with van der Waals surface area (Å²) in [7, 11) is 0. The number of esters is 1. The summed E-state index contributed by atoms with van der Waals surface area (Å²) in [6.45, 7) is 7.34. The van der Waals surface area contributed by atoms with Crippen LogP contribution < -0.4 is 9.47 Å². The van der Waals surface area contributed by atoms with Gasteiger partial charge in [-0.3, -0.25) is 4.79 Å². The third-order valence-corrected chi connectivity index (χ3v) is 7.08. The second-order valence-electron chi connectivity index (χ2n) is 9.66. The van der Waals surface area contributed by atoms with Crippen LogP contribution >= 0.6 is 11.6 Å². The Labute approximate surface area is 240 Å². The van der Waals surface area contributed by atoms with Crippen molar-refractivity contribution in [2.45, 2.75) is 52.6 Å². The molecule has 0 aliphatic carbocycles. The topological polar surface area (TPSA) is 66.8 Å². The van der Waals surface area contributed by atoms with Crippen LogP contribution in [-0.4, -0.2) is 34.9 Å². The number of hydrogen-bond acceptors (Lipinski definition) is 5. The van der Waals surface area contributed by atoms with E-state index >= 15 is 0 Å². The second-order valence-corrected chi connectivity index (χ2v) is 10.1. The van der Waals surface area contributed by atoms with Crippen molar-refractivity contribution in [3.63, 3.8) is 0 Å². The fourth-order valence-corrected chi connectivity index (χ4v) is 4.71. The Morgan fingerprint density at radius 3 is 2.24 bits per heavy atom. The lowest BCUT2D eigenvalue weighted by atomic mass is 10.0. The van der Waals surface area contributed by atoms with Crippen LogP contribution in [0.2, 0.25) is 5.02 Å². The molecular formula is C31H29ClF3NO5. The van der Waals surface area contributed by atoms with E-state index in [0.717, 1.165) is 5.56 Å². The summed E-state index contributed by atoms with van der Waals surface area (Å²) in [5.74, 6) is -0.757. The minimum absolute atomic E-state index is 0.200. The molecule has 1 heterocycles. The van der Waals surface area contributed by atoms with Crippen LogP contribution in [0.3, 0.4) is 0 Å². The summed E-state index contributed by atoms with van der Waals surface area (Å²) >= 11 is 5.99. The van der Waals surface area contributed by atoms with Gasteiger partial charge in [0.05, 0.1) is 17.7 Å². The van der Waals surface area contributed by atoms with Crippen molar-refractivity contribution in [3.05, 3.63) is 94.1 Å². The van der Waals surface area contributed by atoms with E-state index in [4.69, 9.17) is 21.1 Å². The minimum atomic E-state index is -4.88. The Kier molecular flexibility index (Phi) is 8.68. The molecule has 0 amide bonds. The Morgan fingerprint density at radius 1 is 0.927 bits per heavy atom. The zero-order valence-electron chi connectivity index (χ0n) is 23.0. The summed E-state index contributed by atoms with van der Waals surface area (Å²) in [5.41, 5.74) is 1.22. The number of carbonyl (C=O) groups is 2. The molecule has 0 saturated heterocycles. The zero-order valence-corrected chi connectivity index (χ0v) is 23.7. The molecule has 0 saturated carbocycles. The SMILES string of the molecule is CCOC(=O)[C@@](C)(CC)Oc1cccc(Cn2c(C)c(C(=O)c3ccc(Cl)cc3)c3ccc(OC(F)(F)F)cc32)c1. The van der Waals surface area contributed by atoms with E-state index in [1.807, 2.05) is 13.0 Å². The predicted octanol–water partition coefficient (Wildman–Crippen LogP) is 7.89. The highest BCUT2D eigenvalue weighted by Crippen LogP contribution is 2.34. The predicted molar refractivity (Wildman–Crippen MR) is 150 cm³/mol. The number of halogens is 4. The summed E-state index contributed by atoms with van der Waals surface area (Å²) in [4.78, 5) is 26.1. The Bertz CT molecular complexity index is 1580. The van der Waals surface area contributed by atoms with Crippen molar-refractivity contribution >= 4 is 34.3 Å². The van der Waals surface area contributed by atoms with Gasteiger partial charge in [0.15, 0.2) is 5.78 Å². The van der Waals surface area contributed by atoms with Gasteiger partial charge < -0.3 is 18.8 Å². The molecule has 41 heavy (non-hydrogen) atoms. The van der Waals surface area contributed by atoms with Gasteiger partial charge in [0.1, 0.15) is 11.5 Å². The summed E-state index contributed by atoms with van der Waals surface area (Å²) in [5, 5.41) is 0.948. The number of ether oxygens (including phenoxy) is 3. The van der Waals surface area contributed by atoms with Crippen LogP contribution in [0.4, 0.5) is 13.2 Å². The molecule has 3 aromatic carbocycles. The number of fused-ring (bicyclic) bond motifs is 1. The second kappa shape index (κ2) is 11.9. The molecular weight excluding hydrogens is 559 g/mol. The molecule has 1 atom stereocenters. The van der Waals surface area contributed by atoms with Gasteiger partial charge >= 0.3 is 12.3 Å². The van der Waals surface area contributed by atoms with Crippen molar-refractivity contribution in [2.24, 2.45) is 0 Å². The lowest BCUT2D eigenvalue weighted by Gasteiger charge is -2.27.